The highest BCUT2D eigenvalue weighted by atomic mass is 16.1. The third-order valence-electron chi connectivity index (χ3n) is 2.93. The topological polar surface area (TPSA) is 37.4 Å². The second-order valence-corrected chi connectivity index (χ2v) is 4.14. The molecule has 1 atom stereocenters. The Morgan fingerprint density at radius 1 is 1.53 bits per heavy atom. The zero-order valence-electron chi connectivity index (χ0n) is 9.37. The van der Waals surface area contributed by atoms with Gasteiger partial charge in [-0.3, -0.25) is 14.5 Å². The van der Waals surface area contributed by atoms with Crippen LogP contribution in [0.25, 0.3) is 0 Å². The lowest BCUT2D eigenvalue weighted by molar-refractivity contribution is -0.122. The molecule has 0 spiro atoms. The van der Waals surface area contributed by atoms with Crippen LogP contribution in [0.4, 0.5) is 0 Å². The SMILES string of the molecule is C=CC(C)=O.O=C1CCN2CCCC2C1. The van der Waals surface area contributed by atoms with Gasteiger partial charge < -0.3 is 0 Å². The monoisotopic (exact) mass is 209 g/mol. The lowest BCUT2D eigenvalue weighted by Gasteiger charge is -2.27. The van der Waals surface area contributed by atoms with Gasteiger partial charge in [0.05, 0.1) is 0 Å². The lowest BCUT2D eigenvalue weighted by atomic mass is 10.0. The largest absolute Gasteiger partial charge is 0.300 e. The molecule has 2 rings (SSSR count). The van der Waals surface area contributed by atoms with Crippen LogP contribution >= 0.6 is 0 Å². The van der Waals surface area contributed by atoms with Crippen LogP contribution in [0, 0.1) is 0 Å². The number of allylic oxidation sites excluding steroid dienone is 1. The van der Waals surface area contributed by atoms with E-state index in [1.807, 2.05) is 0 Å². The van der Waals surface area contributed by atoms with E-state index in [2.05, 4.69) is 11.5 Å². The van der Waals surface area contributed by atoms with Gasteiger partial charge in [-0.2, -0.15) is 0 Å². The van der Waals surface area contributed by atoms with Crippen LogP contribution in [0.1, 0.15) is 32.6 Å². The molecule has 2 aliphatic rings. The van der Waals surface area contributed by atoms with Gasteiger partial charge in [-0.15, -0.1) is 0 Å². The van der Waals surface area contributed by atoms with Crippen LogP contribution in [0.5, 0.6) is 0 Å². The van der Waals surface area contributed by atoms with Gasteiger partial charge in [0, 0.05) is 25.4 Å². The third kappa shape index (κ3) is 3.96. The molecule has 3 heteroatoms. The van der Waals surface area contributed by atoms with Gasteiger partial charge >= 0.3 is 0 Å². The molecule has 0 N–H and O–H groups in total. The molecule has 0 amide bonds. The fourth-order valence-corrected chi connectivity index (χ4v) is 2.05. The smallest absolute Gasteiger partial charge is 0.152 e. The summed E-state index contributed by atoms with van der Waals surface area (Å²) in [6, 6.07) is 0.626. The van der Waals surface area contributed by atoms with Gasteiger partial charge in [0.15, 0.2) is 5.78 Å². The zero-order valence-corrected chi connectivity index (χ0v) is 9.37. The molecular formula is C12H19NO2. The number of carbonyl (C=O) groups is 2. The van der Waals surface area contributed by atoms with Crippen LogP contribution in [0.3, 0.4) is 0 Å². The predicted molar refractivity (Wildman–Crippen MR) is 59.7 cm³/mol. The summed E-state index contributed by atoms with van der Waals surface area (Å²) < 4.78 is 0. The Hall–Kier alpha value is -0.960. The Labute approximate surface area is 91.1 Å². The molecule has 0 aliphatic carbocycles. The Morgan fingerprint density at radius 3 is 2.80 bits per heavy atom. The Morgan fingerprint density at radius 2 is 2.20 bits per heavy atom. The molecule has 3 nitrogen and oxygen atoms in total. The third-order valence-corrected chi connectivity index (χ3v) is 2.93. The highest BCUT2D eigenvalue weighted by molar-refractivity contribution is 5.86. The predicted octanol–water partition coefficient (Wildman–Crippen LogP) is 1.58. The van der Waals surface area contributed by atoms with Crippen molar-refractivity contribution in [2.24, 2.45) is 0 Å². The summed E-state index contributed by atoms with van der Waals surface area (Å²) in [5.41, 5.74) is 0. The van der Waals surface area contributed by atoms with Crippen molar-refractivity contribution in [2.75, 3.05) is 13.1 Å². The molecule has 15 heavy (non-hydrogen) atoms. The van der Waals surface area contributed by atoms with Gasteiger partial charge in [-0.05, 0) is 32.4 Å². The number of hydrogen-bond acceptors (Lipinski definition) is 3. The summed E-state index contributed by atoms with van der Waals surface area (Å²) in [7, 11) is 0. The van der Waals surface area contributed by atoms with Crippen molar-refractivity contribution >= 4 is 11.6 Å². The molecule has 0 saturated carbocycles. The number of rotatable bonds is 1. The van der Waals surface area contributed by atoms with E-state index in [-0.39, 0.29) is 5.78 Å². The number of piperidine rings is 1. The number of fused-ring (bicyclic) bond motifs is 1. The normalized spacial score (nSPS) is 25.1. The Balaban J connectivity index is 0.000000195. The molecule has 0 aromatic carbocycles. The number of nitrogens with zero attached hydrogens (tertiary/aromatic N) is 1. The van der Waals surface area contributed by atoms with E-state index in [0.717, 1.165) is 19.4 Å². The number of Topliss-reactive ketones (excluding diaryl/α,β-unsaturated/α-hetero) is 1. The van der Waals surface area contributed by atoms with E-state index < -0.39 is 0 Å². The second-order valence-electron chi connectivity index (χ2n) is 4.14. The van der Waals surface area contributed by atoms with Gasteiger partial charge in [-0.25, -0.2) is 0 Å². The summed E-state index contributed by atoms with van der Waals surface area (Å²) in [5.74, 6) is 0.494. The summed E-state index contributed by atoms with van der Waals surface area (Å²) in [6.45, 7) is 6.94. The quantitative estimate of drug-likeness (QED) is 0.615. The van der Waals surface area contributed by atoms with Crippen molar-refractivity contribution in [3.63, 3.8) is 0 Å². The zero-order chi connectivity index (χ0) is 11.3. The summed E-state index contributed by atoms with van der Waals surface area (Å²) in [6.07, 6.45) is 5.47. The molecule has 0 aromatic rings. The molecule has 2 heterocycles. The molecule has 0 bridgehead atoms. The maximum atomic E-state index is 11.0. The average molecular weight is 209 g/mol. The van der Waals surface area contributed by atoms with E-state index in [4.69, 9.17) is 0 Å². The van der Waals surface area contributed by atoms with E-state index in [1.165, 1.54) is 32.4 Å². The number of carbonyl (C=O) groups excluding carboxylic acids is 2. The second kappa shape index (κ2) is 5.81. The molecule has 2 aliphatic heterocycles. The molecule has 0 aromatic heterocycles. The van der Waals surface area contributed by atoms with Crippen molar-refractivity contribution < 1.29 is 9.59 Å². The fourth-order valence-electron chi connectivity index (χ4n) is 2.05. The van der Waals surface area contributed by atoms with E-state index in [9.17, 15) is 9.59 Å². The minimum atomic E-state index is 0.0185. The molecule has 1 unspecified atom stereocenters. The summed E-state index contributed by atoms with van der Waals surface area (Å²) in [5, 5.41) is 0. The molecule has 2 saturated heterocycles. The lowest BCUT2D eigenvalue weighted by Crippen LogP contribution is -2.37. The molecule has 0 radical (unpaired) electrons. The van der Waals surface area contributed by atoms with Crippen LogP contribution in [0.2, 0.25) is 0 Å². The van der Waals surface area contributed by atoms with Gasteiger partial charge in [0.2, 0.25) is 0 Å². The maximum Gasteiger partial charge on any atom is 0.152 e. The number of ketones is 2. The van der Waals surface area contributed by atoms with Gasteiger partial charge in [0.1, 0.15) is 5.78 Å². The van der Waals surface area contributed by atoms with Crippen LogP contribution in [-0.4, -0.2) is 35.6 Å². The van der Waals surface area contributed by atoms with Crippen molar-refractivity contribution in [2.45, 2.75) is 38.6 Å². The fraction of sp³-hybridized carbons (Fsp3) is 0.667. The van der Waals surface area contributed by atoms with E-state index in [1.54, 1.807) is 0 Å². The minimum Gasteiger partial charge on any atom is -0.300 e. The van der Waals surface area contributed by atoms with Gasteiger partial charge in [-0.1, -0.05) is 6.58 Å². The molecule has 84 valence electrons. The maximum absolute atomic E-state index is 11.0. The molecular weight excluding hydrogens is 190 g/mol. The van der Waals surface area contributed by atoms with Crippen molar-refractivity contribution in [3.8, 4) is 0 Å². The van der Waals surface area contributed by atoms with Crippen LogP contribution in [-0.2, 0) is 9.59 Å². The van der Waals surface area contributed by atoms with E-state index in [0.29, 0.717) is 11.8 Å². The van der Waals surface area contributed by atoms with Crippen LogP contribution < -0.4 is 0 Å². The van der Waals surface area contributed by atoms with Gasteiger partial charge in [0.25, 0.3) is 0 Å². The highest BCUT2D eigenvalue weighted by Gasteiger charge is 2.30. The molecule has 2 fully saturated rings. The Bertz CT molecular complexity index is 260. The van der Waals surface area contributed by atoms with Crippen LogP contribution in [0.15, 0.2) is 12.7 Å². The standard InChI is InChI=1S/C8H13NO.C4H6O/c10-8-3-5-9-4-1-2-7(9)6-8;1-3-4(2)5/h7H,1-6H2;3H,1H2,2H3. The number of hydrogen-bond donors (Lipinski definition) is 0. The highest BCUT2D eigenvalue weighted by Crippen LogP contribution is 2.24. The first kappa shape index (κ1) is 12.1. The van der Waals surface area contributed by atoms with Crippen molar-refractivity contribution in [1.82, 2.24) is 4.90 Å². The van der Waals surface area contributed by atoms with Crippen molar-refractivity contribution in [3.05, 3.63) is 12.7 Å². The minimum absolute atomic E-state index is 0.0185. The summed E-state index contributed by atoms with van der Waals surface area (Å²) in [4.78, 5) is 23.1. The van der Waals surface area contributed by atoms with E-state index >= 15 is 0 Å². The Kier molecular flexibility index (Phi) is 4.69. The first-order valence-electron chi connectivity index (χ1n) is 5.52. The first-order chi connectivity index (χ1) is 7.13. The van der Waals surface area contributed by atoms with Crippen molar-refractivity contribution in [1.29, 1.82) is 0 Å². The average Bonchev–Trinajstić information content (AvgIpc) is 2.65. The first-order valence-corrected chi connectivity index (χ1v) is 5.52. The summed E-state index contributed by atoms with van der Waals surface area (Å²) >= 11 is 0.